The molecule has 0 spiro atoms. The smallest absolute Gasteiger partial charge is 0.0931 e. The van der Waals surface area contributed by atoms with E-state index in [0.29, 0.717) is 0 Å². The highest BCUT2D eigenvalue weighted by molar-refractivity contribution is 7.14. The van der Waals surface area contributed by atoms with E-state index >= 15 is 0 Å². The lowest BCUT2D eigenvalue weighted by Crippen LogP contribution is -2.06. The molecule has 0 bridgehead atoms. The second kappa shape index (κ2) is 3.37. The fraction of sp³-hybridized carbons (Fsp3) is 0.429. The largest absolute Gasteiger partial charge is 0.324 e. The molecule has 10 heavy (non-hydrogen) atoms. The van der Waals surface area contributed by atoms with Gasteiger partial charge in [-0.3, -0.25) is 0 Å². The molecule has 0 radical (unpaired) electrons. The minimum absolute atomic E-state index is 0.156. The van der Waals surface area contributed by atoms with Gasteiger partial charge in [0.05, 0.1) is 4.34 Å². The van der Waals surface area contributed by atoms with Crippen molar-refractivity contribution < 1.29 is 0 Å². The van der Waals surface area contributed by atoms with Crippen molar-refractivity contribution in [1.82, 2.24) is 0 Å². The quantitative estimate of drug-likeness (QED) is 0.735. The van der Waals surface area contributed by atoms with Crippen LogP contribution in [0.15, 0.2) is 11.4 Å². The molecule has 0 fully saturated rings. The fourth-order valence-corrected chi connectivity index (χ4v) is 1.71. The molecule has 0 aliphatic heterocycles. The van der Waals surface area contributed by atoms with Gasteiger partial charge in [-0.2, -0.15) is 0 Å². The van der Waals surface area contributed by atoms with Crippen LogP contribution in [0.25, 0.3) is 0 Å². The number of thiophene rings is 1. The first-order chi connectivity index (χ1) is 4.74. The summed E-state index contributed by atoms with van der Waals surface area (Å²) in [7, 11) is 0. The van der Waals surface area contributed by atoms with Crippen molar-refractivity contribution in [2.24, 2.45) is 5.73 Å². The minimum atomic E-state index is 0.156. The van der Waals surface area contributed by atoms with Gasteiger partial charge in [-0.15, -0.1) is 11.3 Å². The van der Waals surface area contributed by atoms with Crippen LogP contribution in [0, 0.1) is 0 Å². The van der Waals surface area contributed by atoms with E-state index in [1.807, 2.05) is 11.4 Å². The van der Waals surface area contributed by atoms with Crippen molar-refractivity contribution in [3.05, 3.63) is 21.3 Å². The van der Waals surface area contributed by atoms with Gasteiger partial charge in [-0.05, 0) is 23.4 Å². The van der Waals surface area contributed by atoms with E-state index in [2.05, 4.69) is 6.92 Å². The maximum atomic E-state index is 5.76. The number of hydrogen-bond acceptors (Lipinski definition) is 2. The third kappa shape index (κ3) is 1.72. The van der Waals surface area contributed by atoms with Gasteiger partial charge in [-0.25, -0.2) is 0 Å². The van der Waals surface area contributed by atoms with Crippen molar-refractivity contribution in [2.45, 2.75) is 19.4 Å². The Kier molecular flexibility index (Phi) is 2.72. The monoisotopic (exact) mass is 175 g/mol. The Morgan fingerprint density at radius 1 is 1.80 bits per heavy atom. The summed E-state index contributed by atoms with van der Waals surface area (Å²) in [5, 5.41) is 2.01. The lowest BCUT2D eigenvalue weighted by atomic mass is 10.1. The number of nitrogens with two attached hydrogens (primary N) is 1. The van der Waals surface area contributed by atoms with E-state index in [9.17, 15) is 0 Å². The number of rotatable bonds is 2. The Hall–Kier alpha value is -0.0500. The van der Waals surface area contributed by atoms with Gasteiger partial charge < -0.3 is 5.73 Å². The molecule has 0 unspecified atom stereocenters. The van der Waals surface area contributed by atoms with Gasteiger partial charge in [0.15, 0.2) is 0 Å². The van der Waals surface area contributed by atoms with Crippen LogP contribution < -0.4 is 5.73 Å². The van der Waals surface area contributed by atoms with Crippen LogP contribution in [0.4, 0.5) is 0 Å². The Labute approximate surface area is 69.8 Å². The molecular weight excluding hydrogens is 166 g/mol. The highest BCUT2D eigenvalue weighted by Gasteiger charge is 2.04. The summed E-state index contributed by atoms with van der Waals surface area (Å²) in [6, 6.07) is 2.09. The highest BCUT2D eigenvalue weighted by atomic mass is 35.5. The van der Waals surface area contributed by atoms with E-state index < -0.39 is 0 Å². The summed E-state index contributed by atoms with van der Waals surface area (Å²) < 4.78 is 0.818. The molecule has 0 amide bonds. The molecule has 1 aromatic rings. The van der Waals surface area contributed by atoms with Gasteiger partial charge in [-0.1, -0.05) is 18.5 Å². The molecule has 2 N–H and O–H groups in total. The predicted molar refractivity (Wildman–Crippen MR) is 46.5 cm³/mol. The Bertz CT molecular complexity index is 209. The van der Waals surface area contributed by atoms with Crippen LogP contribution in [0.1, 0.15) is 24.9 Å². The van der Waals surface area contributed by atoms with Crippen molar-refractivity contribution in [3.63, 3.8) is 0 Å². The van der Waals surface area contributed by atoms with Crippen molar-refractivity contribution in [2.75, 3.05) is 0 Å². The molecule has 56 valence electrons. The summed E-state index contributed by atoms with van der Waals surface area (Å²) in [6.45, 7) is 2.07. The summed E-state index contributed by atoms with van der Waals surface area (Å²) in [5.74, 6) is 0. The molecule has 0 aromatic carbocycles. The summed E-state index contributed by atoms with van der Waals surface area (Å²) in [5.41, 5.74) is 6.91. The van der Waals surface area contributed by atoms with E-state index in [0.717, 1.165) is 16.3 Å². The molecular formula is C7H10ClNS. The van der Waals surface area contributed by atoms with Crippen LogP contribution in [0.2, 0.25) is 4.34 Å². The van der Waals surface area contributed by atoms with Gasteiger partial charge in [0.1, 0.15) is 0 Å². The van der Waals surface area contributed by atoms with Gasteiger partial charge in [0, 0.05) is 6.04 Å². The van der Waals surface area contributed by atoms with Crippen molar-refractivity contribution in [1.29, 1.82) is 0 Å². The van der Waals surface area contributed by atoms with Gasteiger partial charge in [0.2, 0.25) is 0 Å². The second-order valence-corrected chi connectivity index (χ2v) is 3.74. The molecule has 1 nitrogen and oxygen atoms in total. The molecule has 0 saturated carbocycles. The van der Waals surface area contributed by atoms with Gasteiger partial charge in [0.25, 0.3) is 0 Å². The van der Waals surface area contributed by atoms with E-state index in [4.69, 9.17) is 17.3 Å². The van der Waals surface area contributed by atoms with E-state index in [1.54, 1.807) is 0 Å². The molecule has 0 saturated heterocycles. The Morgan fingerprint density at radius 2 is 2.50 bits per heavy atom. The standard InChI is InChI=1S/C7H10ClNS/c1-2-6(9)5-3-7(8)10-4-5/h3-4,6H,2,9H2,1H3/t6-/m1/s1. The maximum Gasteiger partial charge on any atom is 0.0931 e. The molecule has 0 aliphatic carbocycles. The second-order valence-electron chi connectivity index (χ2n) is 2.20. The zero-order valence-electron chi connectivity index (χ0n) is 5.80. The summed E-state index contributed by atoms with van der Waals surface area (Å²) >= 11 is 7.26. The van der Waals surface area contributed by atoms with Crippen molar-refractivity contribution in [3.8, 4) is 0 Å². The maximum absolute atomic E-state index is 5.76. The SMILES string of the molecule is CC[C@@H](N)c1csc(Cl)c1. The van der Waals surface area contributed by atoms with Crippen molar-refractivity contribution >= 4 is 22.9 Å². The number of hydrogen-bond donors (Lipinski definition) is 1. The zero-order valence-corrected chi connectivity index (χ0v) is 7.38. The highest BCUT2D eigenvalue weighted by Crippen LogP contribution is 2.24. The first-order valence-electron chi connectivity index (χ1n) is 3.23. The summed E-state index contributed by atoms with van der Waals surface area (Å²) in [4.78, 5) is 0. The number of halogens is 1. The molecule has 1 rings (SSSR count). The molecule has 1 aromatic heterocycles. The molecule has 3 heteroatoms. The molecule has 1 heterocycles. The summed E-state index contributed by atoms with van der Waals surface area (Å²) in [6.07, 6.45) is 0.965. The normalized spacial score (nSPS) is 13.5. The van der Waals surface area contributed by atoms with Crippen LogP contribution in [-0.4, -0.2) is 0 Å². The average Bonchev–Trinajstić information content (AvgIpc) is 2.34. The van der Waals surface area contributed by atoms with E-state index in [-0.39, 0.29) is 6.04 Å². The van der Waals surface area contributed by atoms with Crippen LogP contribution >= 0.6 is 22.9 Å². The first kappa shape index (κ1) is 8.05. The average molecular weight is 176 g/mol. The lowest BCUT2D eigenvalue weighted by molar-refractivity contribution is 0.701. The van der Waals surface area contributed by atoms with Crippen LogP contribution in [0.3, 0.4) is 0 Å². The third-order valence-corrected chi connectivity index (χ3v) is 2.57. The fourth-order valence-electron chi connectivity index (χ4n) is 0.754. The van der Waals surface area contributed by atoms with E-state index in [1.165, 1.54) is 11.3 Å². The Morgan fingerprint density at radius 3 is 2.90 bits per heavy atom. The topological polar surface area (TPSA) is 26.0 Å². The predicted octanol–water partition coefficient (Wildman–Crippen LogP) is 2.81. The molecule has 1 atom stereocenters. The van der Waals surface area contributed by atoms with Crippen LogP contribution in [-0.2, 0) is 0 Å². The lowest BCUT2D eigenvalue weighted by Gasteiger charge is -2.03. The minimum Gasteiger partial charge on any atom is -0.324 e. The Balaban J connectivity index is 2.74. The first-order valence-corrected chi connectivity index (χ1v) is 4.49. The van der Waals surface area contributed by atoms with Gasteiger partial charge >= 0.3 is 0 Å². The zero-order chi connectivity index (χ0) is 7.56. The third-order valence-electron chi connectivity index (χ3n) is 1.46. The van der Waals surface area contributed by atoms with Crippen LogP contribution in [0.5, 0.6) is 0 Å². The molecule has 0 aliphatic rings.